The number of hydrogen-bond acceptors (Lipinski definition) is 5. The predicted molar refractivity (Wildman–Crippen MR) is 126 cm³/mol. The van der Waals surface area contributed by atoms with Crippen molar-refractivity contribution in [3.05, 3.63) is 60.3 Å². The van der Waals surface area contributed by atoms with E-state index in [0.29, 0.717) is 29.8 Å². The number of fused-ring (bicyclic) bond motifs is 1. The summed E-state index contributed by atoms with van der Waals surface area (Å²) in [5, 5.41) is 1.30. The number of piperidine rings is 1. The van der Waals surface area contributed by atoms with Crippen LogP contribution in [0.15, 0.2) is 59.6 Å². The van der Waals surface area contributed by atoms with Crippen molar-refractivity contribution in [1.82, 2.24) is 8.87 Å². The van der Waals surface area contributed by atoms with Crippen molar-refractivity contribution < 1.29 is 22.7 Å². The van der Waals surface area contributed by atoms with Crippen LogP contribution >= 0.6 is 0 Å². The number of aromatic nitrogens is 1. The average Bonchev–Trinajstić information content (AvgIpc) is 3.18. The Kier molecular flexibility index (Phi) is 8.08. The Morgan fingerprint density at radius 2 is 1.64 bits per heavy atom. The summed E-state index contributed by atoms with van der Waals surface area (Å²) in [6, 6.07) is 15.6. The summed E-state index contributed by atoms with van der Waals surface area (Å²) >= 11 is 0. The lowest BCUT2D eigenvalue weighted by Crippen LogP contribution is -2.38. The number of ether oxygens (including phenoxy) is 1. The molecule has 176 valence electrons. The molecule has 7 nitrogen and oxygen atoms in total. The largest absolute Gasteiger partial charge is 0.491 e. The van der Waals surface area contributed by atoms with Crippen molar-refractivity contribution in [3.63, 3.8) is 0 Å². The number of benzene rings is 2. The van der Waals surface area contributed by atoms with E-state index in [1.165, 1.54) is 16.5 Å². The van der Waals surface area contributed by atoms with Gasteiger partial charge in [0.05, 0.1) is 11.0 Å². The minimum Gasteiger partial charge on any atom is -0.491 e. The third-order valence-electron chi connectivity index (χ3n) is 5.85. The third-order valence-corrected chi connectivity index (χ3v) is 7.77. The molecule has 2 heterocycles. The van der Waals surface area contributed by atoms with Gasteiger partial charge in [0, 0.05) is 36.2 Å². The Morgan fingerprint density at radius 1 is 1.03 bits per heavy atom. The van der Waals surface area contributed by atoms with Crippen LogP contribution in [0.1, 0.15) is 45.2 Å². The molecule has 8 heteroatoms. The van der Waals surface area contributed by atoms with E-state index in [1.54, 1.807) is 28.6 Å². The molecule has 3 aromatic rings. The Balaban J connectivity index is 0.000000968. The summed E-state index contributed by atoms with van der Waals surface area (Å²) < 4.78 is 35.8. The van der Waals surface area contributed by atoms with Crippen LogP contribution in [0.4, 0.5) is 0 Å². The second kappa shape index (κ2) is 10.8. The first-order chi connectivity index (χ1) is 15.8. The average molecular weight is 471 g/mol. The fourth-order valence-electron chi connectivity index (χ4n) is 4.33. The maximum absolute atomic E-state index is 13.1. The zero-order valence-electron chi connectivity index (χ0n) is 19.2. The van der Waals surface area contributed by atoms with E-state index in [1.807, 2.05) is 13.8 Å². The van der Waals surface area contributed by atoms with Gasteiger partial charge in [-0.15, -0.1) is 0 Å². The normalized spacial score (nSPS) is 15.2. The van der Waals surface area contributed by atoms with E-state index < -0.39 is 10.0 Å². The van der Waals surface area contributed by atoms with Crippen LogP contribution in [0.5, 0.6) is 5.75 Å². The lowest BCUT2D eigenvalue weighted by Gasteiger charge is -2.32. The molecule has 0 spiro atoms. The number of sulfonamides is 1. The molecule has 0 amide bonds. The van der Waals surface area contributed by atoms with Crippen LogP contribution in [-0.4, -0.2) is 42.6 Å². The predicted octanol–water partition coefficient (Wildman–Crippen LogP) is 4.43. The maximum Gasteiger partial charge on any atom is 0.373 e. The highest BCUT2D eigenvalue weighted by atomic mass is 32.2. The number of carbonyl (C=O) groups excluding carboxylic acids is 2. The molecule has 0 N–H and O–H groups in total. The smallest absolute Gasteiger partial charge is 0.373 e. The van der Waals surface area contributed by atoms with Crippen LogP contribution in [0.25, 0.3) is 10.9 Å². The zero-order chi connectivity index (χ0) is 24.0. The van der Waals surface area contributed by atoms with Gasteiger partial charge in [-0.25, -0.2) is 8.42 Å². The highest BCUT2D eigenvalue weighted by Crippen LogP contribution is 2.32. The molecular weight excluding hydrogens is 440 g/mol. The van der Waals surface area contributed by atoms with Crippen molar-refractivity contribution in [1.29, 1.82) is 0 Å². The summed E-state index contributed by atoms with van der Waals surface area (Å²) in [6.45, 7) is 7.15. The van der Waals surface area contributed by atoms with Crippen molar-refractivity contribution in [2.24, 2.45) is 0 Å². The highest BCUT2D eigenvalue weighted by Gasteiger charge is 2.30. The topological polar surface area (TPSA) is 85.7 Å². The molecule has 1 aromatic heterocycles. The number of para-hydroxylation sites is 1. The Morgan fingerprint density at radius 3 is 2.21 bits per heavy atom. The Bertz CT molecular complexity index is 1200. The molecule has 33 heavy (non-hydrogen) atoms. The van der Waals surface area contributed by atoms with Gasteiger partial charge in [0.2, 0.25) is 10.0 Å². The molecule has 0 atom stereocenters. The number of hydrogen-bond donors (Lipinski definition) is 0. The second-order valence-corrected chi connectivity index (χ2v) is 10.2. The number of nitrogens with zero attached hydrogens (tertiary/aromatic N) is 2. The van der Waals surface area contributed by atoms with Gasteiger partial charge in [-0.2, -0.15) is 13.9 Å². The standard InChI is InChI=1S/C24H30N2O3S.CO2/c1-4-19-17-26(24-8-6-5-7-23(19)24)20-13-15-25(16-14-20)30(27,28)22-11-9-21(10-12-22)29-18(2)3;2-1-3/h5-12,17-18,20H,4,13-16H2,1-3H3;. The van der Waals surface area contributed by atoms with Crippen LogP contribution in [-0.2, 0) is 26.0 Å². The van der Waals surface area contributed by atoms with E-state index in [4.69, 9.17) is 14.3 Å². The molecule has 0 radical (unpaired) electrons. The molecule has 0 saturated carbocycles. The molecular formula is C25H30N2O5S. The Labute approximate surface area is 195 Å². The quantitative estimate of drug-likeness (QED) is 0.532. The summed E-state index contributed by atoms with van der Waals surface area (Å²) in [7, 11) is -3.49. The molecule has 0 bridgehead atoms. The van der Waals surface area contributed by atoms with Crippen LogP contribution in [0.2, 0.25) is 0 Å². The van der Waals surface area contributed by atoms with Gasteiger partial charge in [0.1, 0.15) is 5.75 Å². The van der Waals surface area contributed by atoms with E-state index in [2.05, 4.69) is 42.0 Å². The lowest BCUT2D eigenvalue weighted by atomic mass is 10.1. The fourth-order valence-corrected chi connectivity index (χ4v) is 5.80. The van der Waals surface area contributed by atoms with Gasteiger partial charge in [0.25, 0.3) is 0 Å². The van der Waals surface area contributed by atoms with Crippen molar-refractivity contribution in [3.8, 4) is 5.75 Å². The first kappa shape index (κ1) is 24.7. The van der Waals surface area contributed by atoms with Crippen molar-refractivity contribution in [2.45, 2.75) is 57.1 Å². The maximum atomic E-state index is 13.1. The van der Waals surface area contributed by atoms with Gasteiger partial charge in [0.15, 0.2) is 0 Å². The summed E-state index contributed by atoms with van der Waals surface area (Å²) in [5.74, 6) is 0.689. The van der Waals surface area contributed by atoms with Gasteiger partial charge in [-0.3, -0.25) is 0 Å². The first-order valence-electron chi connectivity index (χ1n) is 11.2. The van der Waals surface area contributed by atoms with Gasteiger partial charge in [-0.05, 0) is 69.0 Å². The first-order valence-corrected chi connectivity index (χ1v) is 12.6. The van der Waals surface area contributed by atoms with E-state index in [-0.39, 0.29) is 12.3 Å². The van der Waals surface area contributed by atoms with Gasteiger partial charge in [-0.1, -0.05) is 25.1 Å². The van der Waals surface area contributed by atoms with Gasteiger partial charge < -0.3 is 9.30 Å². The van der Waals surface area contributed by atoms with Crippen LogP contribution in [0.3, 0.4) is 0 Å². The van der Waals surface area contributed by atoms with Crippen LogP contribution < -0.4 is 4.74 Å². The highest BCUT2D eigenvalue weighted by molar-refractivity contribution is 7.89. The van der Waals surface area contributed by atoms with E-state index in [0.717, 1.165) is 19.3 Å². The van der Waals surface area contributed by atoms with Crippen molar-refractivity contribution in [2.75, 3.05) is 13.1 Å². The molecule has 4 rings (SSSR count). The fraction of sp³-hybridized carbons (Fsp3) is 0.400. The Hall–Kier alpha value is -2.93. The molecule has 1 saturated heterocycles. The summed E-state index contributed by atoms with van der Waals surface area (Å²) in [6.07, 6.45) is 5.19. The molecule has 1 fully saturated rings. The monoisotopic (exact) mass is 470 g/mol. The number of aryl methyl sites for hydroxylation is 1. The second-order valence-electron chi connectivity index (χ2n) is 8.29. The molecule has 0 aliphatic carbocycles. The van der Waals surface area contributed by atoms with Crippen LogP contribution in [0, 0.1) is 0 Å². The van der Waals surface area contributed by atoms with Gasteiger partial charge >= 0.3 is 6.15 Å². The summed E-state index contributed by atoms with van der Waals surface area (Å²) in [4.78, 5) is 16.6. The zero-order valence-corrected chi connectivity index (χ0v) is 20.0. The minimum atomic E-state index is -3.49. The van der Waals surface area contributed by atoms with E-state index >= 15 is 0 Å². The summed E-state index contributed by atoms with van der Waals surface area (Å²) in [5.41, 5.74) is 2.60. The van der Waals surface area contributed by atoms with E-state index in [9.17, 15) is 8.42 Å². The number of rotatable bonds is 6. The molecule has 2 aromatic carbocycles. The SMILES string of the molecule is CCc1cn(C2CCN(S(=O)(=O)c3ccc(OC(C)C)cc3)CC2)c2ccccc12.O=C=O. The molecule has 0 unspecified atom stereocenters. The molecule has 1 aliphatic heterocycles. The third kappa shape index (κ3) is 5.53. The molecule has 1 aliphatic rings. The lowest BCUT2D eigenvalue weighted by molar-refractivity contribution is -0.191. The minimum absolute atomic E-state index is 0.0597. The van der Waals surface area contributed by atoms with Crippen molar-refractivity contribution >= 4 is 27.1 Å².